The summed E-state index contributed by atoms with van der Waals surface area (Å²) in [5.74, 6) is -0.298. The van der Waals surface area contributed by atoms with Crippen LogP contribution >= 0.6 is 0 Å². The van der Waals surface area contributed by atoms with Crippen LogP contribution in [0.25, 0.3) is 0 Å². The van der Waals surface area contributed by atoms with Gasteiger partial charge in [-0.15, -0.1) is 0 Å². The highest BCUT2D eigenvalue weighted by atomic mass is 19.1. The summed E-state index contributed by atoms with van der Waals surface area (Å²) in [6, 6.07) is 12.2. The standard InChI is InChI=1S/C17H22FN3/c1-13(15-9-16(18)11-19-10-15)20-12-17(21(2)3)14-7-5-4-6-8-14/h4-11,13,17,20H,12H2,1-3H3. The first-order chi connectivity index (χ1) is 10.1. The van der Waals surface area contributed by atoms with Crippen molar-refractivity contribution >= 4 is 0 Å². The highest BCUT2D eigenvalue weighted by molar-refractivity contribution is 5.20. The first-order valence-corrected chi connectivity index (χ1v) is 7.13. The first kappa shape index (κ1) is 15.6. The van der Waals surface area contributed by atoms with Gasteiger partial charge >= 0.3 is 0 Å². The van der Waals surface area contributed by atoms with Crippen LogP contribution in [0.3, 0.4) is 0 Å². The molecular formula is C17H22FN3. The fourth-order valence-electron chi connectivity index (χ4n) is 2.35. The third kappa shape index (κ3) is 4.34. The fourth-order valence-corrected chi connectivity index (χ4v) is 2.35. The zero-order chi connectivity index (χ0) is 15.2. The first-order valence-electron chi connectivity index (χ1n) is 7.13. The Bertz CT molecular complexity index is 557. The van der Waals surface area contributed by atoms with Crippen molar-refractivity contribution in [1.82, 2.24) is 15.2 Å². The maximum Gasteiger partial charge on any atom is 0.141 e. The highest BCUT2D eigenvalue weighted by Crippen LogP contribution is 2.19. The van der Waals surface area contributed by atoms with Crippen LogP contribution in [0.1, 0.15) is 30.1 Å². The average Bonchev–Trinajstić information content (AvgIpc) is 2.48. The molecule has 1 N–H and O–H groups in total. The van der Waals surface area contributed by atoms with E-state index in [0.29, 0.717) is 0 Å². The minimum atomic E-state index is -0.298. The molecule has 0 saturated heterocycles. The van der Waals surface area contributed by atoms with Crippen LogP contribution in [0.4, 0.5) is 4.39 Å². The van der Waals surface area contributed by atoms with Gasteiger partial charge < -0.3 is 10.2 Å². The minimum Gasteiger partial charge on any atom is -0.308 e. The number of hydrogen-bond donors (Lipinski definition) is 1. The quantitative estimate of drug-likeness (QED) is 0.884. The van der Waals surface area contributed by atoms with E-state index in [0.717, 1.165) is 12.1 Å². The van der Waals surface area contributed by atoms with E-state index in [1.54, 1.807) is 6.20 Å². The van der Waals surface area contributed by atoms with Crippen molar-refractivity contribution in [3.8, 4) is 0 Å². The van der Waals surface area contributed by atoms with Crippen molar-refractivity contribution < 1.29 is 4.39 Å². The van der Waals surface area contributed by atoms with E-state index >= 15 is 0 Å². The number of nitrogens with one attached hydrogen (secondary N) is 1. The molecule has 0 aliphatic rings. The predicted octanol–water partition coefficient (Wildman–Crippen LogP) is 3.17. The van der Waals surface area contributed by atoms with Gasteiger partial charge in [0, 0.05) is 24.8 Å². The van der Waals surface area contributed by atoms with Crippen molar-refractivity contribution in [2.75, 3.05) is 20.6 Å². The largest absolute Gasteiger partial charge is 0.308 e. The van der Waals surface area contributed by atoms with Gasteiger partial charge in [-0.3, -0.25) is 4.98 Å². The maximum atomic E-state index is 13.2. The molecule has 0 aliphatic carbocycles. The summed E-state index contributed by atoms with van der Waals surface area (Å²) in [7, 11) is 4.13. The van der Waals surface area contributed by atoms with Crippen molar-refractivity contribution in [1.29, 1.82) is 0 Å². The van der Waals surface area contributed by atoms with Gasteiger partial charge in [-0.25, -0.2) is 4.39 Å². The monoisotopic (exact) mass is 287 g/mol. The van der Waals surface area contributed by atoms with Crippen molar-refractivity contribution in [2.24, 2.45) is 0 Å². The Hall–Kier alpha value is -1.78. The molecule has 2 aromatic rings. The molecule has 4 heteroatoms. The van der Waals surface area contributed by atoms with Gasteiger partial charge in [-0.05, 0) is 38.2 Å². The second-order valence-corrected chi connectivity index (χ2v) is 5.46. The number of hydrogen-bond acceptors (Lipinski definition) is 3. The molecular weight excluding hydrogens is 265 g/mol. The molecule has 0 aliphatic heterocycles. The number of benzene rings is 1. The minimum absolute atomic E-state index is 0.0550. The van der Waals surface area contributed by atoms with Crippen LogP contribution in [0.5, 0.6) is 0 Å². The highest BCUT2D eigenvalue weighted by Gasteiger charge is 2.15. The number of aromatic nitrogens is 1. The van der Waals surface area contributed by atoms with E-state index in [-0.39, 0.29) is 17.9 Å². The number of halogens is 1. The smallest absolute Gasteiger partial charge is 0.141 e. The zero-order valence-corrected chi connectivity index (χ0v) is 12.8. The Labute approximate surface area is 125 Å². The zero-order valence-electron chi connectivity index (χ0n) is 12.8. The molecule has 2 unspecified atom stereocenters. The van der Waals surface area contributed by atoms with Crippen LogP contribution in [0.2, 0.25) is 0 Å². The second kappa shape index (κ2) is 7.29. The summed E-state index contributed by atoms with van der Waals surface area (Å²) in [5.41, 5.74) is 2.13. The third-order valence-corrected chi connectivity index (χ3v) is 3.65. The molecule has 1 heterocycles. The third-order valence-electron chi connectivity index (χ3n) is 3.65. The number of nitrogens with zero attached hydrogens (tertiary/aromatic N) is 2. The Morgan fingerprint density at radius 3 is 2.48 bits per heavy atom. The van der Waals surface area contributed by atoms with E-state index in [2.05, 4.69) is 41.4 Å². The van der Waals surface area contributed by atoms with Crippen LogP contribution < -0.4 is 5.32 Å². The van der Waals surface area contributed by atoms with Crippen molar-refractivity contribution in [3.63, 3.8) is 0 Å². The summed E-state index contributed by atoms with van der Waals surface area (Å²) < 4.78 is 13.2. The molecule has 0 spiro atoms. The summed E-state index contributed by atoms with van der Waals surface area (Å²) in [4.78, 5) is 6.08. The van der Waals surface area contributed by atoms with Gasteiger partial charge in [0.2, 0.25) is 0 Å². The molecule has 3 nitrogen and oxygen atoms in total. The van der Waals surface area contributed by atoms with Gasteiger partial charge in [0.15, 0.2) is 0 Å². The van der Waals surface area contributed by atoms with E-state index in [1.807, 2.05) is 25.1 Å². The van der Waals surface area contributed by atoms with Crippen LogP contribution in [-0.4, -0.2) is 30.5 Å². The van der Waals surface area contributed by atoms with E-state index < -0.39 is 0 Å². The molecule has 1 aromatic carbocycles. The van der Waals surface area contributed by atoms with Crippen molar-refractivity contribution in [3.05, 3.63) is 65.7 Å². The molecule has 0 bridgehead atoms. The molecule has 112 valence electrons. The van der Waals surface area contributed by atoms with E-state index in [1.165, 1.54) is 17.8 Å². The Kier molecular flexibility index (Phi) is 5.42. The van der Waals surface area contributed by atoms with Gasteiger partial charge in [0.05, 0.1) is 6.20 Å². The summed E-state index contributed by atoms with van der Waals surface area (Å²) in [5, 5.41) is 3.46. The molecule has 0 amide bonds. The molecule has 1 aromatic heterocycles. The Morgan fingerprint density at radius 2 is 1.86 bits per heavy atom. The topological polar surface area (TPSA) is 28.2 Å². The summed E-state index contributed by atoms with van der Waals surface area (Å²) in [6.45, 7) is 2.81. The second-order valence-electron chi connectivity index (χ2n) is 5.46. The molecule has 2 rings (SSSR count). The maximum absolute atomic E-state index is 13.2. The average molecular weight is 287 g/mol. The van der Waals surface area contributed by atoms with Crippen molar-refractivity contribution in [2.45, 2.75) is 19.0 Å². The predicted molar refractivity (Wildman–Crippen MR) is 83.5 cm³/mol. The molecule has 0 saturated carbocycles. The molecule has 0 radical (unpaired) electrons. The van der Waals surface area contributed by atoms with Crippen LogP contribution in [0, 0.1) is 5.82 Å². The Morgan fingerprint density at radius 1 is 1.14 bits per heavy atom. The number of likely N-dealkylation sites (N-methyl/N-ethyl adjacent to an activating group) is 1. The lowest BCUT2D eigenvalue weighted by Gasteiger charge is -2.27. The molecule has 21 heavy (non-hydrogen) atoms. The number of pyridine rings is 1. The summed E-state index contributed by atoms with van der Waals surface area (Å²) >= 11 is 0. The fraction of sp³-hybridized carbons (Fsp3) is 0.353. The lowest BCUT2D eigenvalue weighted by Crippen LogP contribution is -2.32. The van der Waals surface area contributed by atoms with Crippen LogP contribution in [0.15, 0.2) is 48.8 Å². The lowest BCUT2D eigenvalue weighted by molar-refractivity contribution is 0.281. The summed E-state index contributed by atoms with van der Waals surface area (Å²) in [6.07, 6.45) is 2.93. The Balaban J connectivity index is 2.02. The van der Waals surface area contributed by atoms with Gasteiger partial charge in [0.25, 0.3) is 0 Å². The number of rotatable bonds is 6. The van der Waals surface area contributed by atoms with Gasteiger partial charge in [-0.2, -0.15) is 0 Å². The van der Waals surface area contributed by atoms with E-state index in [9.17, 15) is 4.39 Å². The molecule has 2 atom stereocenters. The van der Waals surface area contributed by atoms with Gasteiger partial charge in [0.1, 0.15) is 5.82 Å². The normalized spacial score (nSPS) is 14.1. The SMILES string of the molecule is CC(NCC(c1ccccc1)N(C)C)c1cncc(F)c1. The lowest BCUT2D eigenvalue weighted by atomic mass is 10.0. The van der Waals surface area contributed by atoms with Gasteiger partial charge in [-0.1, -0.05) is 30.3 Å². The van der Waals surface area contributed by atoms with E-state index in [4.69, 9.17) is 0 Å². The molecule has 0 fully saturated rings. The van der Waals surface area contributed by atoms with Crippen LogP contribution in [-0.2, 0) is 0 Å².